The Bertz CT molecular complexity index is 462. The van der Waals surface area contributed by atoms with Crippen molar-refractivity contribution in [1.82, 2.24) is 15.5 Å². The molecule has 0 radical (unpaired) electrons. The molecular weight excluding hydrogens is 226 g/mol. The van der Waals surface area contributed by atoms with Crippen molar-refractivity contribution in [2.75, 3.05) is 7.05 Å². The molecule has 2 rings (SSSR count). The van der Waals surface area contributed by atoms with E-state index < -0.39 is 0 Å². The summed E-state index contributed by atoms with van der Waals surface area (Å²) in [5.74, 6) is 0.899. The van der Waals surface area contributed by atoms with Gasteiger partial charge in [-0.15, -0.1) is 0 Å². The number of aromatic nitrogens is 2. The first-order chi connectivity index (χ1) is 8.70. The first-order valence-electron chi connectivity index (χ1n) is 6.13. The number of ether oxygens (including phenoxy) is 1. The Kier molecular flexibility index (Phi) is 3.99. The molecule has 96 valence electrons. The molecule has 0 saturated heterocycles. The van der Waals surface area contributed by atoms with Gasteiger partial charge in [0.25, 0.3) is 0 Å². The molecule has 0 aliphatic rings. The van der Waals surface area contributed by atoms with Crippen molar-refractivity contribution in [2.45, 2.75) is 26.0 Å². The minimum absolute atomic E-state index is 0.150. The van der Waals surface area contributed by atoms with Crippen molar-refractivity contribution in [3.8, 4) is 5.75 Å². The lowest BCUT2D eigenvalue weighted by Gasteiger charge is -2.16. The van der Waals surface area contributed by atoms with Gasteiger partial charge in [0.2, 0.25) is 0 Å². The third kappa shape index (κ3) is 2.90. The minimum atomic E-state index is 0.150. The second-order valence-corrected chi connectivity index (χ2v) is 4.49. The summed E-state index contributed by atoms with van der Waals surface area (Å²) in [5, 5.41) is 10.1. The van der Waals surface area contributed by atoms with Gasteiger partial charge in [-0.25, -0.2) is 0 Å². The number of hydrogen-bond acceptors (Lipinski definition) is 3. The molecule has 1 heterocycles. The molecule has 1 aromatic carbocycles. The number of rotatable bonds is 5. The lowest BCUT2D eigenvalue weighted by molar-refractivity contribution is 0.242. The Labute approximate surface area is 107 Å². The van der Waals surface area contributed by atoms with Gasteiger partial charge in [0.05, 0.1) is 18.3 Å². The van der Waals surface area contributed by atoms with E-state index in [0.717, 1.165) is 11.3 Å². The lowest BCUT2D eigenvalue weighted by atomic mass is 10.0. The highest BCUT2D eigenvalue weighted by Gasteiger charge is 2.12. The molecule has 2 aromatic rings. The zero-order valence-electron chi connectivity index (χ0n) is 11.0. The highest BCUT2D eigenvalue weighted by atomic mass is 16.5. The number of nitrogens with one attached hydrogen (secondary N) is 2. The Balaban J connectivity index is 2.17. The second kappa shape index (κ2) is 5.69. The van der Waals surface area contributed by atoms with Gasteiger partial charge in [-0.1, -0.05) is 12.1 Å². The van der Waals surface area contributed by atoms with Gasteiger partial charge >= 0.3 is 0 Å². The van der Waals surface area contributed by atoms with E-state index in [0.29, 0.717) is 0 Å². The zero-order chi connectivity index (χ0) is 13.0. The highest BCUT2D eigenvalue weighted by molar-refractivity contribution is 5.34. The predicted octanol–water partition coefficient (Wildman–Crippen LogP) is 2.51. The van der Waals surface area contributed by atoms with Crippen LogP contribution in [0.3, 0.4) is 0 Å². The van der Waals surface area contributed by atoms with Crippen molar-refractivity contribution in [2.24, 2.45) is 0 Å². The third-order valence-electron chi connectivity index (χ3n) is 2.73. The highest BCUT2D eigenvalue weighted by Crippen LogP contribution is 2.23. The summed E-state index contributed by atoms with van der Waals surface area (Å²) in [6.07, 6.45) is 3.93. The quantitative estimate of drug-likeness (QED) is 0.851. The van der Waals surface area contributed by atoms with Crippen LogP contribution < -0.4 is 10.1 Å². The summed E-state index contributed by atoms with van der Waals surface area (Å²) in [6.45, 7) is 4.05. The van der Waals surface area contributed by atoms with Crippen molar-refractivity contribution in [3.63, 3.8) is 0 Å². The SMILES string of the molecule is CNC(c1ccc(OC(C)C)cc1)c1cn[nH]c1. The molecule has 1 aromatic heterocycles. The lowest BCUT2D eigenvalue weighted by Crippen LogP contribution is -2.17. The van der Waals surface area contributed by atoms with E-state index in [9.17, 15) is 0 Å². The molecular formula is C14H19N3O. The Morgan fingerprint density at radius 2 is 1.89 bits per heavy atom. The molecule has 0 saturated carbocycles. The van der Waals surface area contributed by atoms with Gasteiger partial charge in [0.15, 0.2) is 0 Å². The second-order valence-electron chi connectivity index (χ2n) is 4.49. The molecule has 4 heteroatoms. The van der Waals surface area contributed by atoms with Crippen molar-refractivity contribution < 1.29 is 4.74 Å². The maximum atomic E-state index is 5.63. The normalized spacial score (nSPS) is 12.7. The topological polar surface area (TPSA) is 49.9 Å². The summed E-state index contributed by atoms with van der Waals surface area (Å²) in [4.78, 5) is 0. The maximum Gasteiger partial charge on any atom is 0.119 e. The van der Waals surface area contributed by atoms with E-state index in [1.165, 1.54) is 5.56 Å². The molecule has 18 heavy (non-hydrogen) atoms. The first-order valence-corrected chi connectivity index (χ1v) is 6.13. The van der Waals surface area contributed by atoms with Crippen molar-refractivity contribution in [1.29, 1.82) is 0 Å². The molecule has 1 atom stereocenters. The Hall–Kier alpha value is -1.81. The van der Waals surface area contributed by atoms with Crippen LogP contribution in [0.4, 0.5) is 0 Å². The van der Waals surface area contributed by atoms with Crippen LogP contribution in [-0.2, 0) is 0 Å². The number of hydrogen-bond donors (Lipinski definition) is 2. The molecule has 0 spiro atoms. The van der Waals surface area contributed by atoms with Crippen LogP contribution >= 0.6 is 0 Å². The molecule has 0 aliphatic carbocycles. The fraction of sp³-hybridized carbons (Fsp3) is 0.357. The minimum Gasteiger partial charge on any atom is -0.491 e. The van der Waals surface area contributed by atoms with Crippen LogP contribution in [0.25, 0.3) is 0 Å². The Morgan fingerprint density at radius 3 is 2.39 bits per heavy atom. The van der Waals surface area contributed by atoms with Gasteiger partial charge in [0, 0.05) is 11.8 Å². The first kappa shape index (κ1) is 12.6. The van der Waals surface area contributed by atoms with Crippen LogP contribution in [0.2, 0.25) is 0 Å². The van der Waals surface area contributed by atoms with Crippen LogP contribution in [0.1, 0.15) is 31.0 Å². The maximum absolute atomic E-state index is 5.63. The summed E-state index contributed by atoms with van der Waals surface area (Å²) in [7, 11) is 1.94. The smallest absolute Gasteiger partial charge is 0.119 e. The molecule has 0 amide bonds. The average Bonchev–Trinajstić information content (AvgIpc) is 2.85. The summed E-state index contributed by atoms with van der Waals surface area (Å²) >= 11 is 0. The van der Waals surface area contributed by atoms with Gasteiger partial charge in [-0.3, -0.25) is 5.10 Å². The van der Waals surface area contributed by atoms with Crippen LogP contribution in [0.5, 0.6) is 5.75 Å². The molecule has 0 bridgehead atoms. The monoisotopic (exact) mass is 245 g/mol. The summed E-state index contributed by atoms with van der Waals surface area (Å²) < 4.78 is 5.63. The molecule has 0 aliphatic heterocycles. The number of aromatic amines is 1. The summed E-state index contributed by atoms with van der Waals surface area (Å²) in [6, 6.07) is 8.30. The predicted molar refractivity (Wildman–Crippen MR) is 71.7 cm³/mol. The van der Waals surface area contributed by atoms with E-state index in [2.05, 4.69) is 27.6 Å². The van der Waals surface area contributed by atoms with Crippen molar-refractivity contribution in [3.05, 3.63) is 47.8 Å². The van der Waals surface area contributed by atoms with Crippen LogP contribution in [-0.4, -0.2) is 23.3 Å². The van der Waals surface area contributed by atoms with E-state index in [4.69, 9.17) is 4.74 Å². The fourth-order valence-electron chi connectivity index (χ4n) is 1.96. The standard InChI is InChI=1S/C14H19N3O/c1-10(2)18-13-6-4-11(5-7-13)14(15-3)12-8-16-17-9-12/h4-10,14-15H,1-3H3,(H,16,17). The Morgan fingerprint density at radius 1 is 1.17 bits per heavy atom. The number of benzene rings is 1. The summed E-state index contributed by atoms with van der Waals surface area (Å²) in [5.41, 5.74) is 2.31. The van der Waals surface area contributed by atoms with Crippen LogP contribution in [0, 0.1) is 0 Å². The van der Waals surface area contributed by atoms with Gasteiger partial charge < -0.3 is 10.1 Å². The van der Waals surface area contributed by atoms with Crippen LogP contribution in [0.15, 0.2) is 36.7 Å². The zero-order valence-corrected chi connectivity index (χ0v) is 11.0. The average molecular weight is 245 g/mol. The van der Waals surface area contributed by atoms with E-state index in [-0.39, 0.29) is 12.1 Å². The molecule has 2 N–H and O–H groups in total. The van der Waals surface area contributed by atoms with Gasteiger partial charge in [0.1, 0.15) is 5.75 Å². The largest absolute Gasteiger partial charge is 0.491 e. The van der Waals surface area contributed by atoms with Gasteiger partial charge in [-0.05, 0) is 38.6 Å². The van der Waals surface area contributed by atoms with E-state index in [1.807, 2.05) is 45.4 Å². The van der Waals surface area contributed by atoms with Gasteiger partial charge in [-0.2, -0.15) is 5.10 Å². The van der Waals surface area contributed by atoms with E-state index >= 15 is 0 Å². The molecule has 0 fully saturated rings. The van der Waals surface area contributed by atoms with E-state index in [1.54, 1.807) is 0 Å². The number of H-pyrrole nitrogens is 1. The number of nitrogens with zero attached hydrogens (tertiary/aromatic N) is 1. The van der Waals surface area contributed by atoms with Crippen molar-refractivity contribution >= 4 is 0 Å². The molecule has 1 unspecified atom stereocenters. The fourth-order valence-corrected chi connectivity index (χ4v) is 1.96. The third-order valence-corrected chi connectivity index (χ3v) is 2.73. The molecule has 4 nitrogen and oxygen atoms in total.